The first-order valence-corrected chi connectivity index (χ1v) is 9.05. The third-order valence-electron chi connectivity index (χ3n) is 4.26. The molecule has 6 heteroatoms. The molecule has 0 aliphatic carbocycles. The maximum Gasteiger partial charge on any atom is 0.339 e. The Balaban J connectivity index is 1.90. The van der Waals surface area contributed by atoms with Crippen molar-refractivity contribution in [2.45, 2.75) is 6.92 Å². The number of para-hydroxylation sites is 1. The summed E-state index contributed by atoms with van der Waals surface area (Å²) in [5.74, 6) is 1.04. The first-order valence-electron chi connectivity index (χ1n) is 9.05. The number of hydrogen-bond donors (Lipinski definition) is 1. The molecule has 0 spiro atoms. The van der Waals surface area contributed by atoms with Gasteiger partial charge in [-0.25, -0.2) is 4.79 Å². The third-order valence-corrected chi connectivity index (χ3v) is 4.26. The van der Waals surface area contributed by atoms with Crippen molar-refractivity contribution < 1.29 is 24.1 Å². The summed E-state index contributed by atoms with van der Waals surface area (Å²) in [4.78, 5) is 11.8. The molecule has 3 aromatic carbocycles. The molecule has 1 N–H and O–H groups in total. The number of allylic oxidation sites excluding steroid dienone is 1. The number of benzene rings is 3. The molecule has 0 radical (unpaired) electrons. The van der Waals surface area contributed by atoms with Gasteiger partial charge in [-0.1, -0.05) is 30.3 Å². The second-order valence-corrected chi connectivity index (χ2v) is 6.26. The first kappa shape index (κ1) is 20.5. The quantitative estimate of drug-likeness (QED) is 0.409. The van der Waals surface area contributed by atoms with E-state index in [2.05, 4.69) is 6.07 Å². The zero-order valence-electron chi connectivity index (χ0n) is 16.5. The highest BCUT2D eigenvalue weighted by molar-refractivity contribution is 6.16. The van der Waals surface area contributed by atoms with E-state index in [4.69, 9.17) is 19.5 Å². The number of hydrogen-bond acceptors (Lipinski definition) is 5. The first-order chi connectivity index (χ1) is 14.5. The van der Waals surface area contributed by atoms with Gasteiger partial charge in [-0.05, 0) is 43.3 Å². The number of carboxylic acid groups (broad SMARTS) is 1. The lowest BCUT2D eigenvalue weighted by Gasteiger charge is -2.14. The predicted octanol–water partition coefficient (Wildman–Crippen LogP) is 5.60. The Kier molecular flexibility index (Phi) is 6.36. The number of nitrogens with zero attached hydrogens (tertiary/aromatic N) is 1. The van der Waals surface area contributed by atoms with E-state index >= 15 is 0 Å². The van der Waals surface area contributed by atoms with Crippen LogP contribution in [0.5, 0.6) is 23.0 Å². The van der Waals surface area contributed by atoms with Crippen molar-refractivity contribution in [2.75, 3.05) is 7.11 Å². The van der Waals surface area contributed by atoms with Crippen molar-refractivity contribution in [3.63, 3.8) is 0 Å². The van der Waals surface area contributed by atoms with Gasteiger partial charge in [0.1, 0.15) is 34.3 Å². The van der Waals surface area contributed by atoms with Crippen LogP contribution in [0.1, 0.15) is 18.1 Å². The molecule has 6 nitrogen and oxygen atoms in total. The fourth-order valence-corrected chi connectivity index (χ4v) is 2.81. The molecule has 0 aromatic heterocycles. The second-order valence-electron chi connectivity index (χ2n) is 6.26. The molecule has 0 saturated carbocycles. The zero-order chi connectivity index (χ0) is 21.5. The molecular formula is C24H19NO5. The van der Waals surface area contributed by atoms with Crippen molar-refractivity contribution in [3.8, 4) is 29.1 Å². The van der Waals surface area contributed by atoms with Gasteiger partial charge in [0.2, 0.25) is 0 Å². The Morgan fingerprint density at radius 1 is 0.900 bits per heavy atom. The molecule has 0 unspecified atom stereocenters. The van der Waals surface area contributed by atoms with E-state index in [0.717, 1.165) is 0 Å². The number of aliphatic carboxylic acids is 1. The minimum atomic E-state index is -1.11. The van der Waals surface area contributed by atoms with E-state index in [1.54, 1.807) is 79.7 Å². The summed E-state index contributed by atoms with van der Waals surface area (Å²) < 4.78 is 16.9. The van der Waals surface area contributed by atoms with E-state index in [1.165, 1.54) is 7.11 Å². The lowest BCUT2D eigenvalue weighted by atomic mass is 10.0. The summed E-state index contributed by atoms with van der Waals surface area (Å²) >= 11 is 0. The third kappa shape index (κ3) is 4.78. The highest BCUT2D eigenvalue weighted by atomic mass is 16.5. The minimum Gasteiger partial charge on any atom is -0.500 e. The van der Waals surface area contributed by atoms with Crippen LogP contribution < -0.4 is 9.47 Å². The van der Waals surface area contributed by atoms with Crippen LogP contribution >= 0.6 is 0 Å². The van der Waals surface area contributed by atoms with Gasteiger partial charge in [0.15, 0.2) is 0 Å². The van der Waals surface area contributed by atoms with Gasteiger partial charge >= 0.3 is 5.97 Å². The number of carboxylic acids is 1. The summed E-state index contributed by atoms with van der Waals surface area (Å²) in [6.45, 7) is 1.59. The Morgan fingerprint density at radius 3 is 2.20 bits per heavy atom. The van der Waals surface area contributed by atoms with Crippen LogP contribution in [0.15, 0.2) is 78.6 Å². The highest BCUT2D eigenvalue weighted by Crippen LogP contribution is 2.34. The van der Waals surface area contributed by atoms with Gasteiger partial charge in [0, 0.05) is 11.6 Å². The molecule has 0 amide bonds. The zero-order valence-corrected chi connectivity index (χ0v) is 16.5. The molecule has 0 saturated heterocycles. The largest absolute Gasteiger partial charge is 0.500 e. The SMILES string of the molecule is COC(C)=C(C(=O)O)c1ccccc1Oc1cccc(Oc2cccc(C#N)c2)c1. The van der Waals surface area contributed by atoms with Crippen LogP contribution in [-0.4, -0.2) is 18.2 Å². The van der Waals surface area contributed by atoms with E-state index in [0.29, 0.717) is 34.1 Å². The minimum absolute atomic E-state index is 0.0221. The molecule has 150 valence electrons. The summed E-state index contributed by atoms with van der Waals surface area (Å²) in [6.07, 6.45) is 0. The van der Waals surface area contributed by atoms with Gasteiger partial charge in [-0.2, -0.15) is 5.26 Å². The highest BCUT2D eigenvalue weighted by Gasteiger charge is 2.19. The fraction of sp³-hybridized carbons (Fsp3) is 0.0833. The summed E-state index contributed by atoms with van der Waals surface area (Å²) in [6, 6.07) is 22.7. The van der Waals surface area contributed by atoms with Crippen LogP contribution in [0.25, 0.3) is 5.57 Å². The Labute approximate surface area is 174 Å². The number of carbonyl (C=O) groups is 1. The van der Waals surface area contributed by atoms with Gasteiger partial charge in [-0.3, -0.25) is 0 Å². The standard InChI is InChI=1S/C24H19NO5/c1-16(28-2)23(24(26)27)21-11-3-4-12-22(21)30-20-10-6-9-19(14-20)29-18-8-5-7-17(13-18)15-25/h3-14H,1-2H3,(H,26,27). The van der Waals surface area contributed by atoms with Gasteiger partial charge < -0.3 is 19.3 Å². The van der Waals surface area contributed by atoms with Crippen molar-refractivity contribution >= 4 is 11.5 Å². The molecule has 0 fully saturated rings. The van der Waals surface area contributed by atoms with Gasteiger partial charge in [0.05, 0.1) is 18.7 Å². The summed E-state index contributed by atoms with van der Waals surface area (Å²) in [7, 11) is 1.42. The number of ether oxygens (including phenoxy) is 3. The van der Waals surface area contributed by atoms with E-state index < -0.39 is 5.97 Å². The molecule has 0 aliphatic heterocycles. The Bertz CT molecular complexity index is 1140. The van der Waals surface area contributed by atoms with Crippen molar-refractivity contribution in [1.82, 2.24) is 0 Å². The van der Waals surface area contributed by atoms with Crippen LogP contribution in [0.3, 0.4) is 0 Å². The van der Waals surface area contributed by atoms with E-state index in [9.17, 15) is 9.90 Å². The number of nitriles is 1. The van der Waals surface area contributed by atoms with Crippen molar-refractivity contribution in [1.29, 1.82) is 5.26 Å². The second kappa shape index (κ2) is 9.30. The lowest BCUT2D eigenvalue weighted by Crippen LogP contribution is -2.05. The fourth-order valence-electron chi connectivity index (χ4n) is 2.81. The van der Waals surface area contributed by atoms with E-state index in [-0.39, 0.29) is 11.3 Å². The molecule has 3 aromatic rings. The van der Waals surface area contributed by atoms with Crippen molar-refractivity contribution in [2.24, 2.45) is 0 Å². The lowest BCUT2D eigenvalue weighted by molar-refractivity contribution is -0.130. The Hall–Kier alpha value is -4.24. The summed E-state index contributed by atoms with van der Waals surface area (Å²) in [5, 5.41) is 18.7. The molecule has 3 rings (SSSR count). The average Bonchev–Trinajstić information content (AvgIpc) is 2.75. The maximum absolute atomic E-state index is 11.8. The van der Waals surface area contributed by atoms with Gasteiger partial charge in [0.25, 0.3) is 0 Å². The predicted molar refractivity (Wildman–Crippen MR) is 111 cm³/mol. The molecular weight excluding hydrogens is 382 g/mol. The summed E-state index contributed by atoms with van der Waals surface area (Å²) in [5.41, 5.74) is 0.918. The molecule has 30 heavy (non-hydrogen) atoms. The molecule has 0 aliphatic rings. The number of rotatable bonds is 7. The van der Waals surface area contributed by atoms with Gasteiger partial charge in [-0.15, -0.1) is 0 Å². The van der Waals surface area contributed by atoms with E-state index in [1.807, 2.05) is 0 Å². The molecule has 0 bridgehead atoms. The van der Waals surface area contributed by atoms with Crippen LogP contribution in [-0.2, 0) is 9.53 Å². The Morgan fingerprint density at radius 2 is 1.53 bits per heavy atom. The monoisotopic (exact) mass is 401 g/mol. The molecule has 0 heterocycles. The van der Waals surface area contributed by atoms with Crippen LogP contribution in [0.2, 0.25) is 0 Å². The normalized spacial score (nSPS) is 11.1. The maximum atomic E-state index is 11.8. The van der Waals surface area contributed by atoms with Crippen LogP contribution in [0, 0.1) is 11.3 Å². The average molecular weight is 401 g/mol. The number of methoxy groups -OCH3 is 1. The topological polar surface area (TPSA) is 88.8 Å². The van der Waals surface area contributed by atoms with Crippen LogP contribution in [0.4, 0.5) is 0 Å². The smallest absolute Gasteiger partial charge is 0.339 e. The van der Waals surface area contributed by atoms with Crippen molar-refractivity contribution in [3.05, 3.63) is 89.7 Å². The molecule has 0 atom stereocenters.